The van der Waals surface area contributed by atoms with E-state index >= 15 is 0 Å². The molecule has 2 N–H and O–H groups in total. The molecular formula is C27H30ClNO3. The molecule has 4 nitrogen and oxygen atoms in total. The Hall–Kier alpha value is -2.82. The number of aliphatic hydroxyl groups excluding tert-OH is 1. The van der Waals surface area contributed by atoms with Gasteiger partial charge in [-0.3, -0.25) is 4.79 Å². The number of rotatable bonds is 12. The highest BCUT2D eigenvalue weighted by atomic mass is 35.5. The SMILES string of the molecule is O=C(CCc1ccc(OCCCCCc2ccccc2)cc1)Nc1ccc(Cl)c(CO)c1. The molecule has 3 aromatic rings. The van der Waals surface area contributed by atoms with Crippen LogP contribution in [0.5, 0.6) is 5.75 Å². The van der Waals surface area contributed by atoms with Crippen molar-refractivity contribution in [2.75, 3.05) is 11.9 Å². The maximum absolute atomic E-state index is 12.2. The van der Waals surface area contributed by atoms with Crippen molar-refractivity contribution in [2.24, 2.45) is 0 Å². The van der Waals surface area contributed by atoms with Gasteiger partial charge in [0, 0.05) is 17.1 Å². The number of hydrogen-bond donors (Lipinski definition) is 2. The molecule has 0 heterocycles. The van der Waals surface area contributed by atoms with Gasteiger partial charge in [-0.15, -0.1) is 0 Å². The number of anilines is 1. The molecule has 0 unspecified atom stereocenters. The average molecular weight is 452 g/mol. The van der Waals surface area contributed by atoms with Crippen LogP contribution in [0.2, 0.25) is 5.02 Å². The van der Waals surface area contributed by atoms with Gasteiger partial charge in [-0.1, -0.05) is 54.1 Å². The Bertz CT molecular complexity index is 974. The third kappa shape index (κ3) is 8.03. The van der Waals surface area contributed by atoms with Crippen LogP contribution in [0.4, 0.5) is 5.69 Å². The summed E-state index contributed by atoms with van der Waals surface area (Å²) in [5.41, 5.74) is 3.70. The Balaban J connectivity index is 1.32. The fraction of sp³-hybridized carbons (Fsp3) is 0.296. The third-order valence-electron chi connectivity index (χ3n) is 5.29. The highest BCUT2D eigenvalue weighted by molar-refractivity contribution is 6.31. The van der Waals surface area contributed by atoms with Gasteiger partial charge in [-0.25, -0.2) is 0 Å². The van der Waals surface area contributed by atoms with E-state index in [0.29, 0.717) is 35.7 Å². The minimum Gasteiger partial charge on any atom is -0.494 e. The number of ether oxygens (including phenoxy) is 1. The second-order valence-electron chi connectivity index (χ2n) is 7.80. The van der Waals surface area contributed by atoms with E-state index in [-0.39, 0.29) is 12.5 Å². The van der Waals surface area contributed by atoms with Crippen molar-refractivity contribution in [3.8, 4) is 5.75 Å². The van der Waals surface area contributed by atoms with E-state index in [1.807, 2.05) is 30.3 Å². The quantitative estimate of drug-likeness (QED) is 0.322. The van der Waals surface area contributed by atoms with E-state index in [1.165, 1.54) is 12.0 Å². The summed E-state index contributed by atoms with van der Waals surface area (Å²) in [7, 11) is 0. The zero-order valence-corrected chi connectivity index (χ0v) is 19.0. The molecule has 3 aromatic carbocycles. The molecule has 0 fully saturated rings. The van der Waals surface area contributed by atoms with Crippen molar-refractivity contribution in [1.29, 1.82) is 0 Å². The molecule has 0 atom stereocenters. The van der Waals surface area contributed by atoms with Crippen molar-refractivity contribution in [2.45, 2.75) is 45.1 Å². The van der Waals surface area contributed by atoms with Crippen molar-refractivity contribution < 1.29 is 14.6 Å². The van der Waals surface area contributed by atoms with Crippen LogP contribution in [0.25, 0.3) is 0 Å². The van der Waals surface area contributed by atoms with E-state index in [4.69, 9.17) is 16.3 Å². The van der Waals surface area contributed by atoms with Gasteiger partial charge in [-0.05, 0) is 79.1 Å². The molecule has 0 bridgehead atoms. The van der Waals surface area contributed by atoms with E-state index < -0.39 is 0 Å². The van der Waals surface area contributed by atoms with E-state index in [2.05, 4.69) is 29.6 Å². The summed E-state index contributed by atoms with van der Waals surface area (Å²) in [4.78, 5) is 12.2. The fourth-order valence-electron chi connectivity index (χ4n) is 3.45. The molecule has 0 saturated carbocycles. The molecule has 0 saturated heterocycles. The van der Waals surface area contributed by atoms with Crippen molar-refractivity contribution in [3.63, 3.8) is 0 Å². The molecule has 0 radical (unpaired) electrons. The topological polar surface area (TPSA) is 58.6 Å². The summed E-state index contributed by atoms with van der Waals surface area (Å²) >= 11 is 5.98. The first kappa shape index (κ1) is 23.8. The van der Waals surface area contributed by atoms with Gasteiger partial charge < -0.3 is 15.2 Å². The smallest absolute Gasteiger partial charge is 0.224 e. The zero-order valence-electron chi connectivity index (χ0n) is 18.2. The lowest BCUT2D eigenvalue weighted by atomic mass is 10.1. The number of nitrogens with one attached hydrogen (secondary N) is 1. The second kappa shape index (κ2) is 12.9. The predicted octanol–water partition coefficient (Wildman–Crippen LogP) is 6.20. The number of aryl methyl sites for hydroxylation is 2. The number of carbonyl (C=O) groups excluding carboxylic acids is 1. The maximum Gasteiger partial charge on any atom is 0.224 e. The lowest BCUT2D eigenvalue weighted by Gasteiger charge is -2.09. The van der Waals surface area contributed by atoms with Crippen molar-refractivity contribution in [1.82, 2.24) is 0 Å². The maximum atomic E-state index is 12.2. The van der Waals surface area contributed by atoms with Gasteiger partial charge in [0.15, 0.2) is 0 Å². The summed E-state index contributed by atoms with van der Waals surface area (Å²) in [5, 5.41) is 12.6. The number of hydrogen-bond acceptors (Lipinski definition) is 3. The van der Waals surface area contributed by atoms with Gasteiger partial charge in [0.1, 0.15) is 5.75 Å². The summed E-state index contributed by atoms with van der Waals surface area (Å²) in [6.07, 6.45) is 5.49. The molecule has 0 aliphatic heterocycles. The molecular weight excluding hydrogens is 422 g/mol. The van der Waals surface area contributed by atoms with Crippen LogP contribution in [0, 0.1) is 0 Å². The van der Waals surface area contributed by atoms with Crippen molar-refractivity contribution >= 4 is 23.2 Å². The summed E-state index contributed by atoms with van der Waals surface area (Å²) < 4.78 is 5.84. The lowest BCUT2D eigenvalue weighted by molar-refractivity contribution is -0.116. The Kier molecular flexibility index (Phi) is 9.60. The normalized spacial score (nSPS) is 10.7. The third-order valence-corrected chi connectivity index (χ3v) is 5.65. The van der Waals surface area contributed by atoms with Crippen LogP contribution in [-0.4, -0.2) is 17.6 Å². The summed E-state index contributed by atoms with van der Waals surface area (Å²) in [6, 6.07) is 23.6. The Morgan fingerprint density at radius 1 is 0.875 bits per heavy atom. The first-order valence-electron chi connectivity index (χ1n) is 11.1. The van der Waals surface area contributed by atoms with Gasteiger partial charge in [0.05, 0.1) is 13.2 Å². The molecule has 1 amide bonds. The van der Waals surface area contributed by atoms with Crippen molar-refractivity contribution in [3.05, 3.63) is 94.5 Å². The lowest BCUT2D eigenvalue weighted by Crippen LogP contribution is -2.12. The molecule has 0 aliphatic rings. The van der Waals surface area contributed by atoms with E-state index in [1.54, 1.807) is 18.2 Å². The largest absolute Gasteiger partial charge is 0.494 e. The highest BCUT2D eigenvalue weighted by Crippen LogP contribution is 2.21. The van der Waals surface area contributed by atoms with Crippen LogP contribution in [0.3, 0.4) is 0 Å². The van der Waals surface area contributed by atoms with Gasteiger partial charge in [-0.2, -0.15) is 0 Å². The minimum atomic E-state index is -0.162. The van der Waals surface area contributed by atoms with E-state index in [0.717, 1.165) is 30.6 Å². The zero-order chi connectivity index (χ0) is 22.6. The standard InChI is InChI=1S/C27H30ClNO3/c28-26-16-13-24(19-23(26)20-30)29-27(31)17-12-22-10-14-25(15-11-22)32-18-6-2-5-9-21-7-3-1-4-8-21/h1,3-4,7-8,10-11,13-16,19,30H,2,5-6,9,12,17-18,20H2,(H,29,31). The van der Waals surface area contributed by atoms with E-state index in [9.17, 15) is 9.90 Å². The molecule has 32 heavy (non-hydrogen) atoms. The van der Waals surface area contributed by atoms with Crippen LogP contribution in [0.1, 0.15) is 42.4 Å². The average Bonchev–Trinajstić information content (AvgIpc) is 2.82. The Morgan fingerprint density at radius 3 is 2.38 bits per heavy atom. The monoisotopic (exact) mass is 451 g/mol. The van der Waals surface area contributed by atoms with Gasteiger partial charge in [0.25, 0.3) is 0 Å². The fourth-order valence-corrected chi connectivity index (χ4v) is 3.63. The first-order valence-corrected chi connectivity index (χ1v) is 11.5. The predicted molar refractivity (Wildman–Crippen MR) is 130 cm³/mol. The number of halogens is 1. The second-order valence-corrected chi connectivity index (χ2v) is 8.21. The summed E-state index contributed by atoms with van der Waals surface area (Å²) in [5.74, 6) is 0.783. The minimum absolute atomic E-state index is 0.0768. The molecule has 3 rings (SSSR count). The van der Waals surface area contributed by atoms with Crippen LogP contribution in [-0.2, 0) is 24.2 Å². The van der Waals surface area contributed by atoms with Crippen LogP contribution < -0.4 is 10.1 Å². The molecule has 0 aromatic heterocycles. The Labute approximate surface area is 195 Å². The number of amides is 1. The first-order chi connectivity index (χ1) is 15.6. The number of benzene rings is 3. The number of aliphatic hydroxyl groups is 1. The van der Waals surface area contributed by atoms with Gasteiger partial charge >= 0.3 is 0 Å². The Morgan fingerprint density at radius 2 is 1.62 bits per heavy atom. The summed E-state index contributed by atoms with van der Waals surface area (Å²) in [6.45, 7) is 0.554. The molecule has 0 aliphatic carbocycles. The number of unbranched alkanes of at least 4 members (excludes halogenated alkanes) is 2. The van der Waals surface area contributed by atoms with Crippen LogP contribution >= 0.6 is 11.6 Å². The van der Waals surface area contributed by atoms with Crippen LogP contribution in [0.15, 0.2) is 72.8 Å². The highest BCUT2D eigenvalue weighted by Gasteiger charge is 2.06. The van der Waals surface area contributed by atoms with Gasteiger partial charge in [0.2, 0.25) is 5.91 Å². The molecule has 0 spiro atoms. The number of carbonyl (C=O) groups is 1. The molecule has 168 valence electrons. The molecule has 5 heteroatoms.